The van der Waals surface area contributed by atoms with Crippen LogP contribution in [0.4, 0.5) is 11.4 Å². The SMILES string of the molecule is CCN(CC)C(=O)CN(C)c1cccc(OC(C)C)c1N. The second kappa shape index (κ2) is 7.76. The first kappa shape index (κ1) is 17.1. The van der Waals surface area contributed by atoms with E-state index in [-0.39, 0.29) is 12.0 Å². The van der Waals surface area contributed by atoms with Crippen LogP contribution in [0.1, 0.15) is 27.7 Å². The monoisotopic (exact) mass is 293 g/mol. The van der Waals surface area contributed by atoms with Gasteiger partial charge in [-0.25, -0.2) is 0 Å². The summed E-state index contributed by atoms with van der Waals surface area (Å²) in [6.45, 7) is 9.61. The Kier molecular flexibility index (Phi) is 6.34. The van der Waals surface area contributed by atoms with Gasteiger partial charge in [-0.3, -0.25) is 4.79 Å². The molecule has 0 unspecified atom stereocenters. The molecule has 1 amide bonds. The van der Waals surface area contributed by atoms with E-state index in [0.29, 0.717) is 18.0 Å². The molecular formula is C16H27N3O2. The maximum absolute atomic E-state index is 12.2. The third-order valence-corrected chi connectivity index (χ3v) is 3.31. The maximum Gasteiger partial charge on any atom is 0.242 e. The van der Waals surface area contributed by atoms with Crippen molar-refractivity contribution in [1.29, 1.82) is 0 Å². The van der Waals surface area contributed by atoms with Gasteiger partial charge in [0.1, 0.15) is 5.75 Å². The summed E-state index contributed by atoms with van der Waals surface area (Å²) in [6.07, 6.45) is 0.0603. The number of ether oxygens (including phenoxy) is 1. The van der Waals surface area contributed by atoms with Gasteiger partial charge in [0.2, 0.25) is 5.91 Å². The predicted octanol–water partition coefficient (Wildman–Crippen LogP) is 2.36. The first-order valence-electron chi connectivity index (χ1n) is 7.44. The van der Waals surface area contributed by atoms with Gasteiger partial charge >= 0.3 is 0 Å². The number of hydrogen-bond acceptors (Lipinski definition) is 4. The lowest BCUT2D eigenvalue weighted by molar-refractivity contribution is -0.129. The molecular weight excluding hydrogens is 266 g/mol. The summed E-state index contributed by atoms with van der Waals surface area (Å²) in [7, 11) is 1.87. The largest absolute Gasteiger partial charge is 0.489 e. The van der Waals surface area contributed by atoms with E-state index in [4.69, 9.17) is 10.5 Å². The number of benzene rings is 1. The molecule has 21 heavy (non-hydrogen) atoms. The zero-order chi connectivity index (χ0) is 16.0. The van der Waals surface area contributed by atoms with Crippen molar-refractivity contribution in [2.75, 3.05) is 37.3 Å². The molecule has 1 rings (SSSR count). The Hall–Kier alpha value is -1.91. The quantitative estimate of drug-likeness (QED) is 0.784. The maximum atomic E-state index is 12.2. The molecule has 0 heterocycles. The summed E-state index contributed by atoms with van der Waals surface area (Å²) in [5, 5.41) is 0. The van der Waals surface area contributed by atoms with Gasteiger partial charge in [-0.2, -0.15) is 0 Å². The van der Waals surface area contributed by atoms with Crippen LogP contribution in [0.3, 0.4) is 0 Å². The van der Waals surface area contributed by atoms with Crippen molar-refractivity contribution >= 4 is 17.3 Å². The van der Waals surface area contributed by atoms with E-state index < -0.39 is 0 Å². The fraction of sp³-hybridized carbons (Fsp3) is 0.562. The molecule has 0 aliphatic rings. The van der Waals surface area contributed by atoms with Crippen LogP contribution in [-0.4, -0.2) is 43.6 Å². The summed E-state index contributed by atoms with van der Waals surface area (Å²) < 4.78 is 5.68. The molecule has 0 fully saturated rings. The average Bonchev–Trinajstić information content (AvgIpc) is 2.41. The van der Waals surface area contributed by atoms with Gasteiger partial charge < -0.3 is 20.3 Å². The Labute approximate surface area is 127 Å². The van der Waals surface area contributed by atoms with Crippen molar-refractivity contribution in [2.24, 2.45) is 0 Å². The first-order valence-corrected chi connectivity index (χ1v) is 7.44. The highest BCUT2D eigenvalue weighted by molar-refractivity contribution is 5.84. The Balaban J connectivity index is 2.87. The van der Waals surface area contributed by atoms with Crippen LogP contribution < -0.4 is 15.4 Å². The first-order chi connectivity index (χ1) is 9.90. The van der Waals surface area contributed by atoms with E-state index in [1.165, 1.54) is 0 Å². The van der Waals surface area contributed by atoms with E-state index >= 15 is 0 Å². The Bertz CT molecular complexity index is 471. The summed E-state index contributed by atoms with van der Waals surface area (Å²) in [5.74, 6) is 0.752. The molecule has 1 aromatic carbocycles. The van der Waals surface area contributed by atoms with Crippen molar-refractivity contribution in [2.45, 2.75) is 33.8 Å². The number of carbonyl (C=O) groups excluding carboxylic acids is 1. The van der Waals surface area contributed by atoms with Crippen LogP contribution in [0, 0.1) is 0 Å². The molecule has 1 aromatic rings. The highest BCUT2D eigenvalue weighted by Crippen LogP contribution is 2.32. The Morgan fingerprint density at radius 1 is 1.29 bits per heavy atom. The summed E-state index contributed by atoms with van der Waals surface area (Å²) >= 11 is 0. The van der Waals surface area contributed by atoms with Crippen LogP contribution in [0.2, 0.25) is 0 Å². The van der Waals surface area contributed by atoms with Crippen molar-refractivity contribution in [3.05, 3.63) is 18.2 Å². The van der Waals surface area contributed by atoms with Crippen molar-refractivity contribution in [1.82, 2.24) is 4.90 Å². The molecule has 118 valence electrons. The molecule has 0 atom stereocenters. The number of nitrogens with two attached hydrogens (primary N) is 1. The molecule has 0 radical (unpaired) electrons. The van der Waals surface area contributed by atoms with Gasteiger partial charge in [-0.15, -0.1) is 0 Å². The number of nitrogen functional groups attached to an aromatic ring is 1. The van der Waals surface area contributed by atoms with Gasteiger partial charge in [0.25, 0.3) is 0 Å². The lowest BCUT2D eigenvalue weighted by atomic mass is 10.2. The summed E-state index contributed by atoms with van der Waals surface area (Å²) in [4.78, 5) is 15.8. The number of anilines is 2. The standard InChI is InChI=1S/C16H27N3O2/c1-6-19(7-2)15(20)11-18(5)13-9-8-10-14(16(13)17)21-12(3)4/h8-10,12H,6-7,11,17H2,1-5H3. The fourth-order valence-corrected chi connectivity index (χ4v) is 2.19. The van der Waals surface area contributed by atoms with Crippen LogP contribution in [0.25, 0.3) is 0 Å². The topological polar surface area (TPSA) is 58.8 Å². The number of carbonyl (C=O) groups is 1. The van der Waals surface area contributed by atoms with Gasteiger partial charge in [-0.05, 0) is 39.8 Å². The van der Waals surface area contributed by atoms with Gasteiger partial charge in [-0.1, -0.05) is 6.07 Å². The fourth-order valence-electron chi connectivity index (χ4n) is 2.19. The number of para-hydroxylation sites is 1. The van der Waals surface area contributed by atoms with Crippen molar-refractivity contribution in [3.8, 4) is 5.75 Å². The molecule has 0 bridgehead atoms. The van der Waals surface area contributed by atoms with Gasteiger partial charge in [0.15, 0.2) is 0 Å². The highest BCUT2D eigenvalue weighted by Gasteiger charge is 2.16. The third kappa shape index (κ3) is 4.55. The number of rotatable bonds is 7. The third-order valence-electron chi connectivity index (χ3n) is 3.31. The number of amides is 1. The zero-order valence-corrected chi connectivity index (χ0v) is 13.7. The van der Waals surface area contributed by atoms with Crippen LogP contribution in [-0.2, 0) is 4.79 Å². The molecule has 0 aliphatic carbocycles. The predicted molar refractivity (Wildman–Crippen MR) is 87.8 cm³/mol. The number of likely N-dealkylation sites (N-methyl/N-ethyl adjacent to an activating group) is 2. The van der Waals surface area contributed by atoms with E-state index in [1.54, 1.807) is 4.90 Å². The number of nitrogens with zero attached hydrogens (tertiary/aromatic N) is 2. The van der Waals surface area contributed by atoms with Crippen LogP contribution >= 0.6 is 0 Å². The molecule has 0 aliphatic heterocycles. The normalized spacial score (nSPS) is 10.6. The molecule has 0 spiro atoms. The average molecular weight is 293 g/mol. The second-order valence-corrected chi connectivity index (χ2v) is 5.28. The Morgan fingerprint density at radius 2 is 1.90 bits per heavy atom. The smallest absolute Gasteiger partial charge is 0.242 e. The van der Waals surface area contributed by atoms with Crippen molar-refractivity contribution < 1.29 is 9.53 Å². The minimum atomic E-state index is 0.0603. The van der Waals surface area contributed by atoms with E-state index in [0.717, 1.165) is 18.8 Å². The summed E-state index contributed by atoms with van der Waals surface area (Å²) in [6, 6.07) is 5.64. The molecule has 5 nitrogen and oxygen atoms in total. The van der Waals surface area contributed by atoms with Gasteiger partial charge in [0.05, 0.1) is 24.0 Å². The minimum Gasteiger partial charge on any atom is -0.489 e. The van der Waals surface area contributed by atoms with E-state index in [1.807, 2.05) is 57.8 Å². The van der Waals surface area contributed by atoms with Crippen molar-refractivity contribution in [3.63, 3.8) is 0 Å². The van der Waals surface area contributed by atoms with E-state index in [9.17, 15) is 4.79 Å². The highest BCUT2D eigenvalue weighted by atomic mass is 16.5. The van der Waals surface area contributed by atoms with Crippen LogP contribution in [0.15, 0.2) is 18.2 Å². The van der Waals surface area contributed by atoms with E-state index in [2.05, 4.69) is 0 Å². The molecule has 0 saturated carbocycles. The number of hydrogen-bond donors (Lipinski definition) is 1. The minimum absolute atomic E-state index is 0.0603. The molecule has 0 aromatic heterocycles. The zero-order valence-electron chi connectivity index (χ0n) is 13.7. The molecule has 0 saturated heterocycles. The second-order valence-electron chi connectivity index (χ2n) is 5.28. The lowest BCUT2D eigenvalue weighted by Crippen LogP contribution is -2.39. The van der Waals surface area contributed by atoms with Gasteiger partial charge in [0, 0.05) is 20.1 Å². The Morgan fingerprint density at radius 3 is 2.43 bits per heavy atom. The van der Waals surface area contributed by atoms with Crippen LogP contribution in [0.5, 0.6) is 5.75 Å². The molecule has 2 N–H and O–H groups in total. The summed E-state index contributed by atoms with van der Waals surface area (Å²) in [5.41, 5.74) is 7.54. The lowest BCUT2D eigenvalue weighted by Gasteiger charge is -2.26. The molecule has 5 heteroatoms.